The van der Waals surface area contributed by atoms with Gasteiger partial charge in [-0.2, -0.15) is 0 Å². The summed E-state index contributed by atoms with van der Waals surface area (Å²) in [6.07, 6.45) is 6.36. The predicted octanol–water partition coefficient (Wildman–Crippen LogP) is 3.41. The molecule has 2 aliphatic rings. The number of nitrogens with zero attached hydrogens (tertiary/aromatic N) is 5. The zero-order chi connectivity index (χ0) is 21.2. The van der Waals surface area contributed by atoms with E-state index in [1.165, 1.54) is 23.3 Å². The van der Waals surface area contributed by atoms with E-state index in [-0.39, 0.29) is 19.1 Å². The number of likely N-dealkylation sites (tertiary alicyclic amines) is 1. The number of rotatable bonds is 6. The highest BCUT2D eigenvalue weighted by Gasteiger charge is 2.32. The fourth-order valence-electron chi connectivity index (χ4n) is 4.01. The van der Waals surface area contributed by atoms with Crippen LogP contribution in [0.4, 0.5) is 15.0 Å². The summed E-state index contributed by atoms with van der Waals surface area (Å²) in [5, 5.41) is 11.0. The Bertz CT molecular complexity index is 1050. The zero-order valence-corrected chi connectivity index (χ0v) is 17.2. The van der Waals surface area contributed by atoms with Crippen LogP contribution in [-0.2, 0) is 11.3 Å². The van der Waals surface area contributed by atoms with Crippen molar-refractivity contribution in [1.82, 2.24) is 24.5 Å². The van der Waals surface area contributed by atoms with Gasteiger partial charge in [0.1, 0.15) is 24.9 Å². The molecule has 1 saturated carbocycles. The van der Waals surface area contributed by atoms with Crippen LogP contribution in [-0.4, -0.2) is 56.4 Å². The van der Waals surface area contributed by atoms with Gasteiger partial charge in [0, 0.05) is 19.0 Å². The first-order chi connectivity index (χ1) is 15.2. The van der Waals surface area contributed by atoms with Crippen molar-refractivity contribution in [2.24, 2.45) is 5.92 Å². The largest absolute Gasteiger partial charge is 0.445 e. The summed E-state index contributed by atoms with van der Waals surface area (Å²) in [7, 11) is 0. The van der Waals surface area contributed by atoms with Crippen molar-refractivity contribution >= 4 is 17.6 Å². The van der Waals surface area contributed by atoms with Crippen molar-refractivity contribution in [2.45, 2.75) is 38.0 Å². The summed E-state index contributed by atoms with van der Waals surface area (Å²) in [5.74, 6) is 1.21. The van der Waals surface area contributed by atoms with E-state index in [9.17, 15) is 9.18 Å². The molecule has 1 N–H and O–H groups in total. The number of anilines is 1. The molecular weight excluding hydrogens is 399 g/mol. The van der Waals surface area contributed by atoms with Gasteiger partial charge in [-0.3, -0.25) is 9.38 Å². The molecule has 3 heterocycles. The number of hydrogen-bond acceptors (Lipinski definition) is 6. The van der Waals surface area contributed by atoms with E-state index in [2.05, 4.69) is 32.6 Å². The zero-order valence-electron chi connectivity index (χ0n) is 17.2. The lowest BCUT2D eigenvalue weighted by atomic mass is 9.95. The van der Waals surface area contributed by atoms with Crippen LogP contribution in [0.2, 0.25) is 0 Å². The van der Waals surface area contributed by atoms with Crippen molar-refractivity contribution in [1.29, 1.82) is 0 Å². The monoisotopic (exact) mass is 424 g/mol. The first-order valence-corrected chi connectivity index (χ1v) is 10.7. The molecule has 3 aromatic rings. The lowest BCUT2D eigenvalue weighted by Gasteiger charge is -2.34. The van der Waals surface area contributed by atoms with Crippen molar-refractivity contribution in [3.63, 3.8) is 0 Å². The Morgan fingerprint density at radius 1 is 1.19 bits per heavy atom. The third kappa shape index (κ3) is 4.45. The Morgan fingerprint density at radius 3 is 2.81 bits per heavy atom. The molecule has 0 unspecified atom stereocenters. The van der Waals surface area contributed by atoms with Gasteiger partial charge in [-0.15, -0.1) is 10.2 Å². The highest BCUT2D eigenvalue weighted by molar-refractivity contribution is 5.67. The standard InChI is InChI=1S/C22H25FN6O2/c23-19-12-28(22(30)31-13-15-1-3-16(4-2-15)17-5-6-17)8-7-18(19)9-25-20-10-24-11-21-27-26-14-29(20)21/h1-4,10-11,14,17-19,25H,5-9,12-13H2/t18-,19-/m1/s1. The van der Waals surface area contributed by atoms with Crippen LogP contribution in [0.15, 0.2) is 43.0 Å². The number of aromatic nitrogens is 4. The average molecular weight is 424 g/mol. The minimum absolute atomic E-state index is 0.0425. The van der Waals surface area contributed by atoms with E-state index < -0.39 is 12.3 Å². The van der Waals surface area contributed by atoms with Crippen LogP contribution in [0, 0.1) is 5.92 Å². The fourth-order valence-corrected chi connectivity index (χ4v) is 4.01. The van der Waals surface area contributed by atoms with Gasteiger partial charge in [-0.05, 0) is 36.3 Å². The lowest BCUT2D eigenvalue weighted by Crippen LogP contribution is -2.46. The Labute approximate surface area is 179 Å². The number of amides is 1. The number of benzene rings is 1. The summed E-state index contributed by atoms with van der Waals surface area (Å²) in [4.78, 5) is 18.0. The van der Waals surface area contributed by atoms with Crippen LogP contribution in [0.1, 0.15) is 36.3 Å². The van der Waals surface area contributed by atoms with Crippen LogP contribution >= 0.6 is 0 Å². The predicted molar refractivity (Wildman–Crippen MR) is 112 cm³/mol. The van der Waals surface area contributed by atoms with Crippen molar-refractivity contribution in [3.8, 4) is 0 Å². The van der Waals surface area contributed by atoms with E-state index >= 15 is 0 Å². The Morgan fingerprint density at radius 2 is 2.03 bits per heavy atom. The van der Waals surface area contributed by atoms with Gasteiger partial charge in [0.2, 0.25) is 0 Å². The smallest absolute Gasteiger partial charge is 0.410 e. The molecule has 0 bridgehead atoms. The molecule has 162 valence electrons. The van der Waals surface area contributed by atoms with Gasteiger partial charge < -0.3 is 15.0 Å². The van der Waals surface area contributed by atoms with Crippen molar-refractivity contribution in [3.05, 3.63) is 54.1 Å². The third-order valence-electron chi connectivity index (χ3n) is 6.09. The number of nitrogens with one attached hydrogen (secondary N) is 1. The minimum Gasteiger partial charge on any atom is -0.445 e. The fraction of sp³-hybridized carbons (Fsp3) is 0.455. The summed E-state index contributed by atoms with van der Waals surface area (Å²) < 4.78 is 22.0. The molecule has 1 aliphatic heterocycles. The number of piperidine rings is 1. The molecule has 1 saturated heterocycles. The van der Waals surface area contributed by atoms with Gasteiger partial charge in [0.25, 0.3) is 0 Å². The van der Waals surface area contributed by atoms with Crippen LogP contribution in [0.5, 0.6) is 0 Å². The van der Waals surface area contributed by atoms with Gasteiger partial charge in [0.15, 0.2) is 5.65 Å². The normalized spacial score (nSPS) is 21.3. The average Bonchev–Trinajstić information content (AvgIpc) is 3.53. The number of alkyl halides is 1. The summed E-state index contributed by atoms with van der Waals surface area (Å²) in [5.41, 5.74) is 2.93. The maximum absolute atomic E-state index is 14.8. The van der Waals surface area contributed by atoms with Crippen molar-refractivity contribution in [2.75, 3.05) is 25.0 Å². The molecule has 8 nitrogen and oxygen atoms in total. The first kappa shape index (κ1) is 19.7. The first-order valence-electron chi connectivity index (χ1n) is 10.7. The minimum atomic E-state index is -1.13. The SMILES string of the molecule is O=C(OCc1ccc(C2CC2)cc1)N1CC[C@H](CNc2cncc3nncn23)[C@H](F)C1. The summed E-state index contributed by atoms with van der Waals surface area (Å²) >= 11 is 0. The molecule has 0 spiro atoms. The number of ether oxygens (including phenoxy) is 1. The number of fused-ring (bicyclic) bond motifs is 1. The van der Waals surface area contributed by atoms with Gasteiger partial charge in [0.05, 0.1) is 18.9 Å². The van der Waals surface area contributed by atoms with Crippen molar-refractivity contribution < 1.29 is 13.9 Å². The maximum Gasteiger partial charge on any atom is 0.410 e. The molecule has 2 atom stereocenters. The second-order valence-electron chi connectivity index (χ2n) is 8.31. The number of carbonyl (C=O) groups is 1. The number of carbonyl (C=O) groups excluding carboxylic acids is 1. The number of hydrogen-bond donors (Lipinski definition) is 1. The molecule has 0 radical (unpaired) electrons. The molecule has 2 fully saturated rings. The highest BCUT2D eigenvalue weighted by atomic mass is 19.1. The molecule has 5 rings (SSSR count). The topological polar surface area (TPSA) is 84.6 Å². The molecule has 9 heteroatoms. The van der Waals surface area contributed by atoms with E-state index in [1.54, 1.807) is 23.1 Å². The maximum atomic E-state index is 14.8. The van der Waals surface area contributed by atoms with E-state index in [4.69, 9.17) is 4.74 Å². The molecule has 1 aromatic carbocycles. The van der Waals surface area contributed by atoms with Gasteiger partial charge in [-0.25, -0.2) is 9.18 Å². The molecule has 2 aromatic heterocycles. The summed E-state index contributed by atoms with van der Waals surface area (Å²) in [6.45, 7) is 1.16. The molecule has 31 heavy (non-hydrogen) atoms. The van der Waals surface area contributed by atoms with Gasteiger partial charge >= 0.3 is 6.09 Å². The van der Waals surface area contributed by atoms with Gasteiger partial charge in [-0.1, -0.05) is 24.3 Å². The highest BCUT2D eigenvalue weighted by Crippen LogP contribution is 2.39. The molecule has 1 aliphatic carbocycles. The van der Waals surface area contributed by atoms with E-state index in [0.29, 0.717) is 36.9 Å². The second-order valence-corrected chi connectivity index (χ2v) is 8.31. The second kappa shape index (κ2) is 8.49. The molecule has 1 amide bonds. The lowest BCUT2D eigenvalue weighted by molar-refractivity contribution is 0.0544. The van der Waals surface area contributed by atoms with Crippen LogP contribution < -0.4 is 5.32 Å². The Kier molecular flexibility index (Phi) is 5.40. The Balaban J connectivity index is 1.10. The van der Waals surface area contributed by atoms with E-state index in [0.717, 1.165) is 5.56 Å². The molecular formula is C22H25FN6O2. The van der Waals surface area contributed by atoms with Crippen LogP contribution in [0.3, 0.4) is 0 Å². The van der Waals surface area contributed by atoms with E-state index in [1.807, 2.05) is 12.1 Å². The third-order valence-corrected chi connectivity index (χ3v) is 6.09. The number of halogens is 1. The Hall–Kier alpha value is -3.23. The quantitative estimate of drug-likeness (QED) is 0.653. The summed E-state index contributed by atoms with van der Waals surface area (Å²) in [6, 6.07) is 8.21. The van der Waals surface area contributed by atoms with Crippen LogP contribution in [0.25, 0.3) is 5.65 Å².